The third kappa shape index (κ3) is 2.46. The Labute approximate surface area is 81.5 Å². The highest BCUT2D eigenvalue weighted by molar-refractivity contribution is 5.36. The Balaban J connectivity index is 2.77. The van der Waals surface area contributed by atoms with Gasteiger partial charge in [0.1, 0.15) is 11.9 Å². The molecule has 14 heavy (non-hydrogen) atoms. The topological polar surface area (TPSA) is 93.0 Å². The van der Waals surface area contributed by atoms with Crippen molar-refractivity contribution in [2.45, 2.75) is 19.6 Å². The lowest BCUT2D eigenvalue weighted by Crippen LogP contribution is -2.24. The number of hydrogen-bond acceptors (Lipinski definition) is 5. The van der Waals surface area contributed by atoms with Gasteiger partial charge in [0.2, 0.25) is 5.95 Å². The smallest absolute Gasteiger partial charge is 0.275 e. The van der Waals surface area contributed by atoms with Crippen molar-refractivity contribution in [1.29, 1.82) is 0 Å². The van der Waals surface area contributed by atoms with E-state index in [4.69, 9.17) is 10.5 Å². The normalized spacial score (nSPS) is 12.4. The highest BCUT2D eigenvalue weighted by Gasteiger charge is 2.05. The first-order valence-electron chi connectivity index (χ1n) is 4.31. The van der Waals surface area contributed by atoms with Crippen LogP contribution in [0.25, 0.3) is 0 Å². The van der Waals surface area contributed by atoms with E-state index in [1.807, 2.05) is 6.92 Å². The molecular formula is C8H14N4O2. The summed E-state index contributed by atoms with van der Waals surface area (Å²) in [7, 11) is 1.58. The number of nitrogens with zero attached hydrogens (tertiary/aromatic N) is 1. The van der Waals surface area contributed by atoms with Crippen LogP contribution >= 0.6 is 0 Å². The summed E-state index contributed by atoms with van der Waals surface area (Å²) in [6.07, 6.45) is 1.91. The number of anilines is 2. The molecule has 1 atom stereocenters. The van der Waals surface area contributed by atoms with Crippen molar-refractivity contribution < 1.29 is 4.74 Å². The number of nitrogens with one attached hydrogen (secondary N) is 2. The number of methoxy groups -OCH3 is 1. The Morgan fingerprint density at radius 1 is 1.79 bits per heavy atom. The zero-order valence-corrected chi connectivity index (χ0v) is 8.20. The summed E-state index contributed by atoms with van der Waals surface area (Å²) in [5.74, 6) is 0.359. The maximum atomic E-state index is 11.1. The monoisotopic (exact) mass is 198 g/mol. The number of aromatic amines is 1. The average molecular weight is 198 g/mol. The number of nitrogen functional groups attached to an aromatic ring is 1. The summed E-state index contributed by atoms with van der Waals surface area (Å²) in [4.78, 5) is 17.5. The molecule has 6 heteroatoms. The molecule has 0 aliphatic heterocycles. The van der Waals surface area contributed by atoms with E-state index in [-0.39, 0.29) is 17.5 Å². The summed E-state index contributed by atoms with van der Waals surface area (Å²) in [5, 5.41) is 2.90. The fraction of sp³-hybridized carbons (Fsp3) is 0.500. The van der Waals surface area contributed by atoms with Crippen molar-refractivity contribution in [2.24, 2.45) is 0 Å². The molecule has 0 fully saturated rings. The van der Waals surface area contributed by atoms with E-state index in [1.54, 1.807) is 7.11 Å². The molecule has 1 rings (SSSR count). The third-order valence-electron chi connectivity index (χ3n) is 1.78. The largest absolute Gasteiger partial charge is 0.393 e. The summed E-state index contributed by atoms with van der Waals surface area (Å²) in [6, 6.07) is 0. The number of rotatable bonds is 4. The highest BCUT2D eigenvalue weighted by Crippen LogP contribution is 2.01. The second-order valence-electron chi connectivity index (χ2n) is 2.79. The number of ether oxygens (including phenoxy) is 1. The van der Waals surface area contributed by atoms with Gasteiger partial charge in [0, 0.05) is 7.11 Å². The maximum Gasteiger partial charge on any atom is 0.275 e. The first-order chi connectivity index (χ1) is 6.67. The second kappa shape index (κ2) is 4.61. The van der Waals surface area contributed by atoms with Gasteiger partial charge in [-0.3, -0.25) is 9.78 Å². The van der Waals surface area contributed by atoms with Crippen molar-refractivity contribution in [1.82, 2.24) is 9.97 Å². The van der Waals surface area contributed by atoms with E-state index < -0.39 is 0 Å². The van der Waals surface area contributed by atoms with Crippen LogP contribution in [0, 0.1) is 0 Å². The van der Waals surface area contributed by atoms with Crippen LogP contribution in [-0.4, -0.2) is 23.3 Å². The van der Waals surface area contributed by atoms with Gasteiger partial charge < -0.3 is 15.8 Å². The van der Waals surface area contributed by atoms with Crippen LogP contribution in [-0.2, 0) is 4.74 Å². The van der Waals surface area contributed by atoms with Crippen LogP contribution in [0.2, 0.25) is 0 Å². The van der Waals surface area contributed by atoms with Gasteiger partial charge in [-0.2, -0.15) is 0 Å². The lowest BCUT2D eigenvalue weighted by atomic mass is 10.4. The number of nitrogens with two attached hydrogens (primary N) is 1. The fourth-order valence-electron chi connectivity index (χ4n) is 0.958. The molecule has 1 aromatic rings. The predicted octanol–water partition coefficient (Wildman–Crippen LogP) is 0.146. The molecule has 1 heterocycles. The zero-order valence-electron chi connectivity index (χ0n) is 8.20. The van der Waals surface area contributed by atoms with Gasteiger partial charge in [-0.05, 0) is 6.42 Å². The molecule has 0 spiro atoms. The molecule has 0 saturated heterocycles. The van der Waals surface area contributed by atoms with E-state index in [2.05, 4.69) is 15.3 Å². The van der Waals surface area contributed by atoms with Crippen LogP contribution in [0.15, 0.2) is 11.0 Å². The Morgan fingerprint density at radius 3 is 3.00 bits per heavy atom. The number of H-pyrrole nitrogens is 1. The summed E-state index contributed by atoms with van der Waals surface area (Å²) >= 11 is 0. The molecule has 1 aromatic heterocycles. The minimum absolute atomic E-state index is 0.0982. The highest BCUT2D eigenvalue weighted by atomic mass is 16.5. The van der Waals surface area contributed by atoms with Crippen LogP contribution in [0.4, 0.5) is 11.6 Å². The van der Waals surface area contributed by atoms with Gasteiger partial charge in [-0.25, -0.2) is 4.98 Å². The SMILES string of the molecule is CCC(Nc1ncc(N)c(=O)[nH]1)OC. The average Bonchev–Trinajstić information content (AvgIpc) is 2.19. The van der Waals surface area contributed by atoms with Gasteiger partial charge in [-0.1, -0.05) is 6.92 Å². The van der Waals surface area contributed by atoms with Gasteiger partial charge in [0.05, 0.1) is 6.20 Å². The molecule has 0 amide bonds. The molecule has 1 unspecified atom stereocenters. The molecule has 6 nitrogen and oxygen atoms in total. The molecule has 0 aliphatic carbocycles. The maximum absolute atomic E-state index is 11.1. The van der Waals surface area contributed by atoms with Crippen LogP contribution < -0.4 is 16.6 Å². The van der Waals surface area contributed by atoms with Gasteiger partial charge in [0.25, 0.3) is 5.56 Å². The van der Waals surface area contributed by atoms with Crippen LogP contribution in [0.1, 0.15) is 13.3 Å². The van der Waals surface area contributed by atoms with Crippen molar-refractivity contribution in [3.05, 3.63) is 16.6 Å². The molecule has 0 aliphatic rings. The van der Waals surface area contributed by atoms with E-state index in [9.17, 15) is 4.79 Å². The van der Waals surface area contributed by atoms with Crippen molar-refractivity contribution in [2.75, 3.05) is 18.2 Å². The molecular weight excluding hydrogens is 184 g/mol. The quantitative estimate of drug-likeness (QED) is 0.599. The van der Waals surface area contributed by atoms with Crippen molar-refractivity contribution in [3.63, 3.8) is 0 Å². The zero-order chi connectivity index (χ0) is 10.6. The van der Waals surface area contributed by atoms with Gasteiger partial charge in [-0.15, -0.1) is 0 Å². The Hall–Kier alpha value is -1.56. The van der Waals surface area contributed by atoms with Gasteiger partial charge in [0.15, 0.2) is 0 Å². The first kappa shape index (κ1) is 10.5. The molecule has 78 valence electrons. The standard InChI is InChI=1S/C8H14N4O2/c1-3-6(14-2)11-8-10-4-5(9)7(13)12-8/h4,6H,3,9H2,1-2H3,(H2,10,11,12,13). The van der Waals surface area contributed by atoms with Crippen LogP contribution in [0.5, 0.6) is 0 Å². The first-order valence-corrected chi connectivity index (χ1v) is 4.31. The summed E-state index contributed by atoms with van der Waals surface area (Å²) < 4.78 is 5.07. The van der Waals surface area contributed by atoms with E-state index in [1.165, 1.54) is 6.20 Å². The lowest BCUT2D eigenvalue weighted by Gasteiger charge is -2.14. The summed E-state index contributed by atoms with van der Waals surface area (Å²) in [5.41, 5.74) is 5.06. The number of hydrogen-bond donors (Lipinski definition) is 3. The minimum Gasteiger partial charge on any atom is -0.393 e. The predicted molar refractivity (Wildman–Crippen MR) is 54.0 cm³/mol. The molecule has 0 bridgehead atoms. The van der Waals surface area contributed by atoms with E-state index in [0.717, 1.165) is 6.42 Å². The molecule has 4 N–H and O–H groups in total. The van der Waals surface area contributed by atoms with Crippen LogP contribution in [0.3, 0.4) is 0 Å². The van der Waals surface area contributed by atoms with E-state index >= 15 is 0 Å². The Morgan fingerprint density at radius 2 is 2.50 bits per heavy atom. The fourth-order valence-corrected chi connectivity index (χ4v) is 0.958. The third-order valence-corrected chi connectivity index (χ3v) is 1.78. The number of aromatic nitrogens is 2. The van der Waals surface area contributed by atoms with E-state index in [0.29, 0.717) is 5.95 Å². The lowest BCUT2D eigenvalue weighted by molar-refractivity contribution is 0.121. The Kier molecular flexibility index (Phi) is 3.47. The van der Waals surface area contributed by atoms with Crippen molar-refractivity contribution in [3.8, 4) is 0 Å². The van der Waals surface area contributed by atoms with Crippen molar-refractivity contribution >= 4 is 11.6 Å². The molecule has 0 saturated carbocycles. The molecule has 0 radical (unpaired) electrons. The second-order valence-corrected chi connectivity index (χ2v) is 2.79. The molecule has 0 aromatic carbocycles. The minimum atomic E-state index is -0.353. The summed E-state index contributed by atoms with van der Waals surface area (Å²) in [6.45, 7) is 1.95. The Bertz CT molecular complexity index is 345. The van der Waals surface area contributed by atoms with Gasteiger partial charge >= 0.3 is 0 Å².